The number of nitrogens with zero attached hydrogens (tertiary/aromatic N) is 1. The zero-order chi connectivity index (χ0) is 19.1. The monoisotopic (exact) mass is 408 g/mol. The Labute approximate surface area is 160 Å². The molecule has 2 aromatic carbocycles. The van der Waals surface area contributed by atoms with Crippen molar-refractivity contribution in [1.29, 1.82) is 0 Å². The minimum Gasteiger partial charge on any atom is -0.212 e. The highest BCUT2D eigenvalue weighted by Crippen LogP contribution is 2.33. The van der Waals surface area contributed by atoms with E-state index in [2.05, 4.69) is 4.72 Å². The molecule has 0 bridgehead atoms. The molecule has 1 N–H and O–H groups in total. The van der Waals surface area contributed by atoms with Crippen molar-refractivity contribution >= 4 is 30.8 Å². The quantitative estimate of drug-likeness (QED) is 0.795. The number of hydrogen-bond acceptors (Lipinski definition) is 4. The zero-order valence-electron chi connectivity index (χ0n) is 15.0. The van der Waals surface area contributed by atoms with Crippen molar-refractivity contribution in [1.82, 2.24) is 9.03 Å². The van der Waals surface area contributed by atoms with Crippen molar-refractivity contribution in [2.75, 3.05) is 19.6 Å². The largest absolute Gasteiger partial charge is 0.241 e. The van der Waals surface area contributed by atoms with Crippen LogP contribution >= 0.6 is 0 Å². The SMILES string of the molecule is O=S(=O)(NCC1CCN(S(=O)(=O)C2CC2)CC1)c1cccc2ccccc12. The second-order valence-corrected chi connectivity index (χ2v) is 11.4. The lowest BCUT2D eigenvalue weighted by atomic mass is 9.99. The molecular weight excluding hydrogens is 384 g/mol. The van der Waals surface area contributed by atoms with Gasteiger partial charge in [-0.05, 0) is 43.1 Å². The summed E-state index contributed by atoms with van der Waals surface area (Å²) in [6.45, 7) is 1.31. The summed E-state index contributed by atoms with van der Waals surface area (Å²) in [6, 6.07) is 12.7. The Kier molecular flexibility index (Phi) is 5.00. The molecule has 4 rings (SSSR count). The molecule has 146 valence electrons. The number of rotatable bonds is 6. The van der Waals surface area contributed by atoms with Gasteiger partial charge in [0.15, 0.2) is 0 Å². The van der Waals surface area contributed by atoms with Crippen LogP contribution in [-0.4, -0.2) is 46.0 Å². The number of piperidine rings is 1. The van der Waals surface area contributed by atoms with Crippen LogP contribution in [0, 0.1) is 5.92 Å². The average Bonchev–Trinajstić information content (AvgIpc) is 3.52. The van der Waals surface area contributed by atoms with Crippen molar-refractivity contribution < 1.29 is 16.8 Å². The second-order valence-electron chi connectivity index (χ2n) is 7.42. The van der Waals surface area contributed by atoms with E-state index in [9.17, 15) is 16.8 Å². The molecule has 1 aliphatic carbocycles. The van der Waals surface area contributed by atoms with E-state index in [0.717, 1.165) is 18.2 Å². The van der Waals surface area contributed by atoms with Gasteiger partial charge in [0.25, 0.3) is 0 Å². The maximum atomic E-state index is 12.8. The third kappa shape index (κ3) is 3.89. The van der Waals surface area contributed by atoms with Crippen LogP contribution in [0.3, 0.4) is 0 Å². The molecule has 0 radical (unpaired) electrons. The first-order valence-electron chi connectivity index (χ1n) is 9.34. The van der Waals surface area contributed by atoms with E-state index >= 15 is 0 Å². The number of benzene rings is 2. The maximum Gasteiger partial charge on any atom is 0.241 e. The Balaban J connectivity index is 1.40. The molecule has 0 unspecified atom stereocenters. The summed E-state index contributed by atoms with van der Waals surface area (Å²) in [5.74, 6) is 0.153. The van der Waals surface area contributed by atoms with Gasteiger partial charge in [-0.3, -0.25) is 0 Å². The summed E-state index contributed by atoms with van der Waals surface area (Å²) in [6.07, 6.45) is 2.91. The van der Waals surface area contributed by atoms with Gasteiger partial charge in [0, 0.05) is 25.0 Å². The van der Waals surface area contributed by atoms with Gasteiger partial charge >= 0.3 is 0 Å². The molecule has 1 aliphatic heterocycles. The molecule has 2 aliphatic rings. The van der Waals surface area contributed by atoms with Gasteiger partial charge in [-0.25, -0.2) is 25.9 Å². The van der Waals surface area contributed by atoms with Crippen molar-refractivity contribution in [2.24, 2.45) is 5.92 Å². The van der Waals surface area contributed by atoms with Gasteiger partial charge in [-0.1, -0.05) is 36.4 Å². The van der Waals surface area contributed by atoms with Gasteiger partial charge in [0.2, 0.25) is 20.0 Å². The molecule has 27 heavy (non-hydrogen) atoms. The predicted molar refractivity (Wildman–Crippen MR) is 105 cm³/mol. The van der Waals surface area contributed by atoms with Crippen LogP contribution in [0.2, 0.25) is 0 Å². The van der Waals surface area contributed by atoms with E-state index in [1.54, 1.807) is 16.4 Å². The standard InChI is InChI=1S/C19H24N2O4S2/c22-26(23,19-7-3-5-16-4-1-2-6-18(16)19)20-14-15-10-12-21(13-11-15)27(24,25)17-8-9-17/h1-7,15,17,20H,8-14H2. The molecule has 0 atom stereocenters. The van der Waals surface area contributed by atoms with E-state index < -0.39 is 20.0 Å². The van der Waals surface area contributed by atoms with Crippen molar-refractivity contribution in [3.8, 4) is 0 Å². The fourth-order valence-corrected chi connectivity index (χ4v) is 6.90. The second kappa shape index (κ2) is 7.16. The average molecular weight is 409 g/mol. The fourth-order valence-electron chi connectivity index (χ4n) is 3.68. The summed E-state index contributed by atoms with van der Waals surface area (Å²) in [5, 5.41) is 1.41. The Morgan fingerprint density at radius 3 is 2.26 bits per heavy atom. The zero-order valence-corrected chi connectivity index (χ0v) is 16.7. The van der Waals surface area contributed by atoms with E-state index in [1.807, 2.05) is 30.3 Å². The van der Waals surface area contributed by atoms with Gasteiger partial charge in [-0.2, -0.15) is 0 Å². The molecule has 2 fully saturated rings. The first-order valence-corrected chi connectivity index (χ1v) is 12.3. The fraction of sp³-hybridized carbons (Fsp3) is 0.474. The van der Waals surface area contributed by atoms with Gasteiger partial charge in [0.05, 0.1) is 10.1 Å². The molecule has 1 saturated carbocycles. The van der Waals surface area contributed by atoms with E-state index in [4.69, 9.17) is 0 Å². The molecule has 0 aromatic heterocycles. The third-order valence-corrected chi connectivity index (χ3v) is 9.36. The van der Waals surface area contributed by atoms with Gasteiger partial charge in [-0.15, -0.1) is 0 Å². The Bertz CT molecular complexity index is 1030. The van der Waals surface area contributed by atoms with Crippen molar-refractivity contribution in [3.05, 3.63) is 42.5 Å². The highest BCUT2D eigenvalue weighted by Gasteiger charge is 2.41. The van der Waals surface area contributed by atoms with Crippen LogP contribution in [0.4, 0.5) is 0 Å². The first-order chi connectivity index (χ1) is 12.9. The van der Waals surface area contributed by atoms with Gasteiger partial charge < -0.3 is 0 Å². The lowest BCUT2D eigenvalue weighted by Crippen LogP contribution is -2.42. The van der Waals surface area contributed by atoms with Crippen LogP contribution in [0.1, 0.15) is 25.7 Å². The Morgan fingerprint density at radius 2 is 1.56 bits per heavy atom. The topological polar surface area (TPSA) is 83.6 Å². The first kappa shape index (κ1) is 18.9. The molecule has 6 nitrogen and oxygen atoms in total. The number of nitrogens with one attached hydrogen (secondary N) is 1. The molecule has 2 aromatic rings. The summed E-state index contributed by atoms with van der Waals surface area (Å²) in [4.78, 5) is 0.286. The predicted octanol–water partition coefficient (Wildman–Crippen LogP) is 2.32. The summed E-state index contributed by atoms with van der Waals surface area (Å²) in [5.41, 5.74) is 0. The van der Waals surface area contributed by atoms with Crippen LogP contribution < -0.4 is 4.72 Å². The van der Waals surface area contributed by atoms with Crippen molar-refractivity contribution in [2.45, 2.75) is 35.8 Å². The molecule has 1 saturated heterocycles. The Hall–Kier alpha value is -1.48. The van der Waals surface area contributed by atoms with Gasteiger partial charge in [0.1, 0.15) is 0 Å². The minimum absolute atomic E-state index is 0.153. The number of sulfonamides is 2. The lowest BCUT2D eigenvalue weighted by molar-refractivity contribution is 0.274. The maximum absolute atomic E-state index is 12.8. The molecule has 1 heterocycles. The van der Waals surface area contributed by atoms with E-state index in [-0.39, 0.29) is 16.1 Å². The normalized spacial score (nSPS) is 20.1. The minimum atomic E-state index is -3.61. The van der Waals surface area contributed by atoms with Crippen molar-refractivity contribution in [3.63, 3.8) is 0 Å². The van der Waals surface area contributed by atoms with E-state index in [0.29, 0.717) is 37.9 Å². The van der Waals surface area contributed by atoms with Crippen LogP contribution in [0.5, 0.6) is 0 Å². The Morgan fingerprint density at radius 1 is 0.889 bits per heavy atom. The summed E-state index contributed by atoms with van der Waals surface area (Å²) in [7, 11) is -6.74. The summed E-state index contributed by atoms with van der Waals surface area (Å²) < 4.78 is 54.5. The summed E-state index contributed by atoms with van der Waals surface area (Å²) >= 11 is 0. The number of fused-ring (bicyclic) bond motifs is 1. The number of hydrogen-bond donors (Lipinski definition) is 1. The molecule has 0 spiro atoms. The molecule has 0 amide bonds. The lowest BCUT2D eigenvalue weighted by Gasteiger charge is -2.31. The smallest absolute Gasteiger partial charge is 0.212 e. The van der Waals surface area contributed by atoms with E-state index in [1.165, 1.54) is 0 Å². The molecular formula is C19H24N2O4S2. The van der Waals surface area contributed by atoms with Crippen LogP contribution in [-0.2, 0) is 20.0 Å². The molecule has 8 heteroatoms. The third-order valence-electron chi connectivity index (χ3n) is 5.48. The highest BCUT2D eigenvalue weighted by atomic mass is 32.2. The van der Waals surface area contributed by atoms with Crippen LogP contribution in [0.15, 0.2) is 47.4 Å². The highest BCUT2D eigenvalue weighted by molar-refractivity contribution is 7.90. The van der Waals surface area contributed by atoms with Crippen LogP contribution in [0.25, 0.3) is 10.8 Å².